The first-order chi connectivity index (χ1) is 13.2. The number of nitrogens with one attached hydrogen (secondary N) is 1. The highest BCUT2D eigenvalue weighted by molar-refractivity contribution is 7.13. The van der Waals surface area contributed by atoms with E-state index in [1.54, 1.807) is 17.4 Å². The number of nitrogens with zero attached hydrogens (tertiary/aromatic N) is 3. The molecular weight excluding hydrogens is 356 g/mol. The first-order valence-corrected chi connectivity index (χ1v) is 10.4. The fraction of sp³-hybridized carbons (Fsp3) is 0.429. The Labute approximate surface area is 165 Å². The molecule has 1 N–H and O–H groups in total. The van der Waals surface area contributed by atoms with E-state index in [4.69, 9.17) is 4.98 Å². The summed E-state index contributed by atoms with van der Waals surface area (Å²) in [7, 11) is 0. The SMILES string of the molecule is C=CCNC(=O)CN1CCN(Cc2csc(-c3ccc(CC)cc3)n2)CC1. The monoisotopic (exact) mass is 384 g/mol. The number of hydrogen-bond acceptors (Lipinski definition) is 5. The van der Waals surface area contributed by atoms with E-state index in [-0.39, 0.29) is 5.91 Å². The molecule has 0 spiro atoms. The molecule has 1 aromatic heterocycles. The molecule has 2 heterocycles. The third kappa shape index (κ3) is 5.73. The van der Waals surface area contributed by atoms with Crippen LogP contribution in [0.15, 0.2) is 42.3 Å². The van der Waals surface area contributed by atoms with Gasteiger partial charge in [-0.3, -0.25) is 14.6 Å². The molecule has 1 aromatic carbocycles. The highest BCUT2D eigenvalue weighted by atomic mass is 32.1. The average molecular weight is 385 g/mol. The highest BCUT2D eigenvalue weighted by Gasteiger charge is 2.19. The van der Waals surface area contributed by atoms with E-state index in [1.165, 1.54) is 11.1 Å². The standard InChI is InChI=1S/C21H28N4OS/c1-3-9-22-20(26)15-25-12-10-24(11-13-25)14-19-16-27-21(23-19)18-7-5-17(4-2)6-8-18/h3,5-8,16H,1,4,9-15H2,2H3,(H,22,26). The van der Waals surface area contributed by atoms with Crippen LogP contribution in [0.2, 0.25) is 0 Å². The zero-order chi connectivity index (χ0) is 19.1. The Hall–Kier alpha value is -2.02. The summed E-state index contributed by atoms with van der Waals surface area (Å²) in [6, 6.07) is 8.69. The third-order valence-electron chi connectivity index (χ3n) is 4.82. The fourth-order valence-corrected chi connectivity index (χ4v) is 3.99. The summed E-state index contributed by atoms with van der Waals surface area (Å²) in [4.78, 5) is 21.2. The predicted octanol–water partition coefficient (Wildman–Crippen LogP) is 2.79. The average Bonchev–Trinajstić information content (AvgIpc) is 3.16. The molecular formula is C21H28N4OS. The van der Waals surface area contributed by atoms with E-state index in [1.807, 2.05) is 0 Å². The van der Waals surface area contributed by atoms with Crippen LogP contribution >= 0.6 is 11.3 Å². The molecule has 1 aliphatic heterocycles. The zero-order valence-corrected chi connectivity index (χ0v) is 16.8. The summed E-state index contributed by atoms with van der Waals surface area (Å²) in [5.74, 6) is 0.0709. The molecule has 6 heteroatoms. The molecule has 1 amide bonds. The topological polar surface area (TPSA) is 48.5 Å². The van der Waals surface area contributed by atoms with Gasteiger partial charge < -0.3 is 5.32 Å². The van der Waals surface area contributed by atoms with Gasteiger partial charge in [0.05, 0.1) is 12.2 Å². The summed E-state index contributed by atoms with van der Waals surface area (Å²) < 4.78 is 0. The van der Waals surface area contributed by atoms with Crippen molar-refractivity contribution < 1.29 is 4.79 Å². The van der Waals surface area contributed by atoms with Gasteiger partial charge in [0, 0.05) is 50.2 Å². The van der Waals surface area contributed by atoms with Crippen molar-refractivity contribution in [1.82, 2.24) is 20.1 Å². The van der Waals surface area contributed by atoms with Gasteiger partial charge in [-0.2, -0.15) is 0 Å². The molecule has 0 unspecified atom stereocenters. The molecule has 1 saturated heterocycles. The van der Waals surface area contributed by atoms with E-state index in [9.17, 15) is 4.79 Å². The van der Waals surface area contributed by atoms with Crippen molar-refractivity contribution in [2.24, 2.45) is 0 Å². The number of thiazole rings is 1. The van der Waals surface area contributed by atoms with Crippen molar-refractivity contribution >= 4 is 17.2 Å². The second-order valence-electron chi connectivity index (χ2n) is 6.84. The maximum atomic E-state index is 11.8. The Bertz CT molecular complexity index is 748. The largest absolute Gasteiger partial charge is 0.352 e. The minimum absolute atomic E-state index is 0.0709. The maximum absolute atomic E-state index is 11.8. The van der Waals surface area contributed by atoms with Crippen molar-refractivity contribution in [1.29, 1.82) is 0 Å². The molecule has 144 valence electrons. The van der Waals surface area contributed by atoms with Crippen LogP contribution in [-0.2, 0) is 17.8 Å². The zero-order valence-electron chi connectivity index (χ0n) is 16.0. The second-order valence-corrected chi connectivity index (χ2v) is 7.70. The van der Waals surface area contributed by atoms with E-state index >= 15 is 0 Å². The van der Waals surface area contributed by atoms with E-state index in [2.05, 4.69) is 58.3 Å². The molecule has 27 heavy (non-hydrogen) atoms. The van der Waals surface area contributed by atoms with Crippen LogP contribution in [0, 0.1) is 0 Å². The Kier molecular flexibility index (Phi) is 7.15. The number of hydrogen-bond donors (Lipinski definition) is 1. The summed E-state index contributed by atoms with van der Waals surface area (Å²) in [6.07, 6.45) is 2.77. The van der Waals surface area contributed by atoms with Gasteiger partial charge >= 0.3 is 0 Å². The normalized spacial score (nSPS) is 15.6. The maximum Gasteiger partial charge on any atom is 0.234 e. The lowest BCUT2D eigenvalue weighted by atomic mass is 10.1. The smallest absolute Gasteiger partial charge is 0.234 e. The number of amides is 1. The number of aryl methyl sites for hydroxylation is 1. The molecule has 0 radical (unpaired) electrons. The molecule has 5 nitrogen and oxygen atoms in total. The van der Waals surface area contributed by atoms with Gasteiger partial charge in [-0.1, -0.05) is 37.3 Å². The first-order valence-electron chi connectivity index (χ1n) is 9.54. The van der Waals surface area contributed by atoms with Gasteiger partial charge in [-0.25, -0.2) is 4.98 Å². The Morgan fingerprint density at radius 3 is 2.59 bits per heavy atom. The Morgan fingerprint density at radius 1 is 1.22 bits per heavy atom. The Morgan fingerprint density at radius 2 is 1.93 bits per heavy atom. The molecule has 3 rings (SSSR count). The number of aromatic nitrogens is 1. The molecule has 2 aromatic rings. The van der Waals surface area contributed by atoms with Crippen LogP contribution in [-0.4, -0.2) is 60.0 Å². The predicted molar refractivity (Wildman–Crippen MR) is 112 cm³/mol. The van der Waals surface area contributed by atoms with Crippen molar-refractivity contribution in [2.75, 3.05) is 39.3 Å². The second kappa shape index (κ2) is 9.78. The lowest BCUT2D eigenvalue weighted by Crippen LogP contribution is -2.49. The summed E-state index contributed by atoms with van der Waals surface area (Å²) in [5, 5.41) is 6.09. The number of carbonyl (C=O) groups is 1. The quantitative estimate of drug-likeness (QED) is 0.711. The lowest BCUT2D eigenvalue weighted by Gasteiger charge is -2.33. The van der Waals surface area contributed by atoms with Crippen molar-refractivity contribution in [3.8, 4) is 10.6 Å². The van der Waals surface area contributed by atoms with E-state index in [0.29, 0.717) is 13.1 Å². The first kappa shape index (κ1) is 19.7. The van der Waals surface area contributed by atoms with Crippen LogP contribution in [0.5, 0.6) is 0 Å². The van der Waals surface area contributed by atoms with Crippen molar-refractivity contribution in [2.45, 2.75) is 19.9 Å². The minimum Gasteiger partial charge on any atom is -0.352 e. The lowest BCUT2D eigenvalue weighted by molar-refractivity contribution is -0.122. The number of piperazine rings is 1. The third-order valence-corrected chi connectivity index (χ3v) is 5.76. The molecule has 0 atom stereocenters. The Balaban J connectivity index is 1.47. The van der Waals surface area contributed by atoms with Gasteiger partial charge in [-0.05, 0) is 12.0 Å². The summed E-state index contributed by atoms with van der Waals surface area (Å²) in [5.41, 5.74) is 3.68. The summed E-state index contributed by atoms with van der Waals surface area (Å²) >= 11 is 1.71. The van der Waals surface area contributed by atoms with Crippen LogP contribution in [0.25, 0.3) is 10.6 Å². The van der Waals surface area contributed by atoms with Gasteiger partial charge in [0.15, 0.2) is 0 Å². The molecule has 1 aliphatic rings. The van der Waals surface area contributed by atoms with Crippen LogP contribution in [0.4, 0.5) is 0 Å². The van der Waals surface area contributed by atoms with Crippen LogP contribution < -0.4 is 5.32 Å². The van der Waals surface area contributed by atoms with Crippen molar-refractivity contribution in [3.63, 3.8) is 0 Å². The van der Waals surface area contributed by atoms with Gasteiger partial charge in [0.2, 0.25) is 5.91 Å². The van der Waals surface area contributed by atoms with E-state index < -0.39 is 0 Å². The number of benzene rings is 1. The molecule has 1 fully saturated rings. The summed E-state index contributed by atoms with van der Waals surface area (Å²) in [6.45, 7) is 11.4. The van der Waals surface area contributed by atoms with Crippen molar-refractivity contribution in [3.05, 3.63) is 53.6 Å². The van der Waals surface area contributed by atoms with Gasteiger partial charge in [0.25, 0.3) is 0 Å². The minimum atomic E-state index is 0.0709. The van der Waals surface area contributed by atoms with E-state index in [0.717, 1.165) is 49.8 Å². The molecule has 0 bridgehead atoms. The van der Waals surface area contributed by atoms with Gasteiger partial charge in [0.1, 0.15) is 5.01 Å². The molecule has 0 aliphatic carbocycles. The highest BCUT2D eigenvalue weighted by Crippen LogP contribution is 2.25. The van der Waals surface area contributed by atoms with Crippen LogP contribution in [0.1, 0.15) is 18.2 Å². The van der Waals surface area contributed by atoms with Gasteiger partial charge in [-0.15, -0.1) is 17.9 Å². The molecule has 0 saturated carbocycles. The number of carbonyl (C=O) groups excluding carboxylic acids is 1. The van der Waals surface area contributed by atoms with Crippen LogP contribution in [0.3, 0.4) is 0 Å². The number of rotatable bonds is 8. The fourth-order valence-electron chi connectivity index (χ4n) is 3.17.